The topological polar surface area (TPSA) is 65.7 Å². The number of esters is 1. The molecule has 0 atom stereocenters. The molecule has 0 aliphatic carbocycles. The Hall–Kier alpha value is -1.63. The number of carbonyl (C=O) groups excluding carboxylic acids is 1. The predicted octanol–water partition coefficient (Wildman–Crippen LogP) is 1.99. The highest BCUT2D eigenvalue weighted by molar-refractivity contribution is 9.10. The first-order chi connectivity index (χ1) is 8.58. The van der Waals surface area contributed by atoms with Gasteiger partial charge < -0.3 is 9.47 Å². The van der Waals surface area contributed by atoms with Crippen molar-refractivity contribution in [1.29, 1.82) is 0 Å². The number of carbonyl (C=O) groups is 1. The van der Waals surface area contributed by atoms with Crippen LogP contribution in [0.15, 0.2) is 10.8 Å². The van der Waals surface area contributed by atoms with E-state index >= 15 is 0 Å². The monoisotopic (exact) mass is 313 g/mol. The summed E-state index contributed by atoms with van der Waals surface area (Å²) >= 11 is 3.26. The summed E-state index contributed by atoms with van der Waals surface area (Å²) in [5, 5.41) is 0. The number of fused-ring (bicyclic) bond motifs is 1. The van der Waals surface area contributed by atoms with Crippen LogP contribution in [0, 0.1) is 6.92 Å². The van der Waals surface area contributed by atoms with E-state index in [1.165, 1.54) is 7.11 Å². The van der Waals surface area contributed by atoms with E-state index in [9.17, 15) is 4.79 Å². The van der Waals surface area contributed by atoms with Gasteiger partial charge in [-0.25, -0.2) is 14.8 Å². The molecule has 0 radical (unpaired) electrons. The number of ether oxygens (including phenoxy) is 2. The van der Waals surface area contributed by atoms with E-state index < -0.39 is 5.97 Å². The molecule has 0 bridgehead atoms. The lowest BCUT2D eigenvalue weighted by Crippen LogP contribution is -2.10. The lowest BCUT2D eigenvalue weighted by atomic mass is 10.3. The van der Waals surface area contributed by atoms with Gasteiger partial charge in [-0.2, -0.15) is 0 Å². The number of imidazole rings is 1. The second kappa shape index (κ2) is 4.93. The molecule has 0 saturated carbocycles. The number of methoxy groups -OCH3 is 1. The van der Waals surface area contributed by atoms with E-state index in [-0.39, 0.29) is 0 Å². The summed E-state index contributed by atoms with van der Waals surface area (Å²) in [5.74, 6) is -0.0642. The highest BCUT2D eigenvalue weighted by Gasteiger charge is 2.20. The van der Waals surface area contributed by atoms with Crippen molar-refractivity contribution in [2.45, 2.75) is 13.8 Å². The van der Waals surface area contributed by atoms with Gasteiger partial charge in [-0.3, -0.25) is 4.40 Å². The maximum Gasteiger partial charge on any atom is 0.357 e. The molecule has 6 nitrogen and oxygen atoms in total. The number of rotatable bonds is 3. The van der Waals surface area contributed by atoms with Crippen molar-refractivity contribution in [3.8, 4) is 5.88 Å². The Bertz CT molecular complexity index is 609. The number of hydrogen-bond donors (Lipinski definition) is 0. The van der Waals surface area contributed by atoms with Crippen LogP contribution in [-0.4, -0.2) is 34.1 Å². The van der Waals surface area contributed by atoms with Crippen LogP contribution in [-0.2, 0) is 4.74 Å². The molecule has 7 heteroatoms. The van der Waals surface area contributed by atoms with Crippen molar-refractivity contribution in [2.75, 3.05) is 13.7 Å². The lowest BCUT2D eigenvalue weighted by Gasteiger charge is -2.05. The Morgan fingerprint density at radius 2 is 2.22 bits per heavy atom. The summed E-state index contributed by atoms with van der Waals surface area (Å²) in [7, 11) is 1.50. The van der Waals surface area contributed by atoms with Gasteiger partial charge in [0.2, 0.25) is 5.65 Å². The number of hydrogen-bond acceptors (Lipinski definition) is 5. The quantitative estimate of drug-likeness (QED) is 0.811. The third kappa shape index (κ3) is 2.05. The van der Waals surface area contributed by atoms with E-state index in [4.69, 9.17) is 9.47 Å². The van der Waals surface area contributed by atoms with Crippen molar-refractivity contribution >= 4 is 27.5 Å². The number of halogens is 1. The van der Waals surface area contributed by atoms with Gasteiger partial charge in [-0.1, -0.05) is 0 Å². The Morgan fingerprint density at radius 3 is 2.83 bits per heavy atom. The normalized spacial score (nSPS) is 10.7. The highest BCUT2D eigenvalue weighted by atomic mass is 79.9. The van der Waals surface area contributed by atoms with Crippen molar-refractivity contribution in [1.82, 2.24) is 14.4 Å². The molecule has 0 fully saturated rings. The molecule has 0 saturated heterocycles. The van der Waals surface area contributed by atoms with Crippen LogP contribution in [0.3, 0.4) is 0 Å². The van der Waals surface area contributed by atoms with E-state index in [0.717, 1.165) is 0 Å². The van der Waals surface area contributed by atoms with Crippen molar-refractivity contribution in [2.24, 2.45) is 0 Å². The number of aromatic nitrogens is 3. The van der Waals surface area contributed by atoms with Gasteiger partial charge >= 0.3 is 5.97 Å². The predicted molar refractivity (Wildman–Crippen MR) is 67.9 cm³/mol. The molecule has 0 aliphatic heterocycles. The Kier molecular flexibility index (Phi) is 3.51. The largest absolute Gasteiger partial charge is 0.478 e. The first-order valence-electron chi connectivity index (χ1n) is 5.34. The molecule has 2 heterocycles. The van der Waals surface area contributed by atoms with Crippen LogP contribution in [0.4, 0.5) is 0 Å². The average Bonchev–Trinajstić information content (AvgIpc) is 2.64. The van der Waals surface area contributed by atoms with E-state index in [0.29, 0.717) is 34.1 Å². The molecular formula is C11H12BrN3O3. The third-order valence-electron chi connectivity index (χ3n) is 2.38. The van der Waals surface area contributed by atoms with Crippen LogP contribution in [0.2, 0.25) is 0 Å². The molecular weight excluding hydrogens is 302 g/mol. The molecule has 2 aromatic heterocycles. The summed E-state index contributed by atoms with van der Waals surface area (Å²) in [6.45, 7) is 3.82. The standard InChI is InChI=1S/C11H12BrN3O3/c1-4-18-11(16)8-6(2)13-9-10(17-3)14-7(12)5-15(8)9/h5H,4H2,1-3H3. The first-order valence-corrected chi connectivity index (χ1v) is 6.14. The highest BCUT2D eigenvalue weighted by Crippen LogP contribution is 2.23. The molecule has 0 spiro atoms. The Balaban J connectivity index is 2.70. The molecule has 0 aromatic carbocycles. The van der Waals surface area contributed by atoms with Crippen LogP contribution in [0.1, 0.15) is 23.1 Å². The molecule has 0 aliphatic rings. The van der Waals surface area contributed by atoms with Gasteiger partial charge in [0.25, 0.3) is 5.88 Å². The molecule has 0 amide bonds. The van der Waals surface area contributed by atoms with Crippen LogP contribution < -0.4 is 4.74 Å². The van der Waals surface area contributed by atoms with Gasteiger partial charge in [-0.05, 0) is 29.8 Å². The number of nitrogens with zero attached hydrogens (tertiary/aromatic N) is 3. The minimum atomic E-state index is -0.414. The summed E-state index contributed by atoms with van der Waals surface area (Å²) in [6.07, 6.45) is 1.66. The summed E-state index contributed by atoms with van der Waals surface area (Å²) < 4.78 is 12.3. The van der Waals surface area contributed by atoms with Gasteiger partial charge in [0, 0.05) is 6.20 Å². The lowest BCUT2D eigenvalue weighted by molar-refractivity contribution is 0.0517. The molecule has 18 heavy (non-hydrogen) atoms. The molecule has 0 unspecified atom stereocenters. The zero-order chi connectivity index (χ0) is 13.3. The first kappa shape index (κ1) is 12.8. The molecule has 96 valence electrons. The maximum atomic E-state index is 11.9. The smallest absolute Gasteiger partial charge is 0.357 e. The van der Waals surface area contributed by atoms with Crippen LogP contribution in [0.5, 0.6) is 5.88 Å². The van der Waals surface area contributed by atoms with Crippen LogP contribution in [0.25, 0.3) is 5.65 Å². The zero-order valence-electron chi connectivity index (χ0n) is 10.2. The van der Waals surface area contributed by atoms with Crippen molar-refractivity contribution in [3.63, 3.8) is 0 Å². The second-order valence-corrected chi connectivity index (χ2v) is 4.35. The Labute approximate surface area is 112 Å². The third-order valence-corrected chi connectivity index (χ3v) is 2.76. The maximum absolute atomic E-state index is 11.9. The fourth-order valence-corrected chi connectivity index (χ4v) is 2.05. The Morgan fingerprint density at radius 1 is 1.50 bits per heavy atom. The van der Waals surface area contributed by atoms with Gasteiger partial charge in [-0.15, -0.1) is 0 Å². The summed E-state index contributed by atoms with van der Waals surface area (Å²) in [6, 6.07) is 0. The zero-order valence-corrected chi connectivity index (χ0v) is 11.8. The molecule has 2 rings (SSSR count). The SMILES string of the molecule is CCOC(=O)c1c(C)nc2c(OC)nc(Br)cn12. The van der Waals surface area contributed by atoms with Gasteiger partial charge in [0.15, 0.2) is 5.69 Å². The molecule has 2 aromatic rings. The minimum absolute atomic E-state index is 0.314. The fourth-order valence-electron chi connectivity index (χ4n) is 1.69. The second-order valence-electron chi connectivity index (χ2n) is 3.53. The van der Waals surface area contributed by atoms with E-state index in [1.807, 2.05) is 0 Å². The summed E-state index contributed by atoms with van der Waals surface area (Å²) in [5.41, 5.74) is 1.45. The number of aryl methyl sites for hydroxylation is 1. The minimum Gasteiger partial charge on any atom is -0.478 e. The van der Waals surface area contributed by atoms with E-state index in [1.54, 1.807) is 24.4 Å². The molecule has 0 N–H and O–H groups in total. The fraction of sp³-hybridized carbons (Fsp3) is 0.364. The van der Waals surface area contributed by atoms with E-state index in [2.05, 4.69) is 25.9 Å². The van der Waals surface area contributed by atoms with Gasteiger partial charge in [0.1, 0.15) is 4.60 Å². The summed E-state index contributed by atoms with van der Waals surface area (Å²) in [4.78, 5) is 20.3. The van der Waals surface area contributed by atoms with Crippen LogP contribution >= 0.6 is 15.9 Å². The van der Waals surface area contributed by atoms with Crippen molar-refractivity contribution < 1.29 is 14.3 Å². The van der Waals surface area contributed by atoms with Crippen molar-refractivity contribution in [3.05, 3.63) is 22.2 Å². The van der Waals surface area contributed by atoms with Gasteiger partial charge in [0.05, 0.1) is 19.4 Å². The average molecular weight is 314 g/mol.